The number of para-hydroxylation sites is 1. The van der Waals surface area contributed by atoms with Crippen LogP contribution in [0.25, 0.3) is 16.9 Å². The summed E-state index contributed by atoms with van der Waals surface area (Å²) in [6.45, 7) is 2.14. The van der Waals surface area contributed by atoms with E-state index in [4.69, 9.17) is 4.98 Å². The Labute approximate surface area is 211 Å². The molecule has 6 rings (SSSR count). The second kappa shape index (κ2) is 9.16. The zero-order valence-electron chi connectivity index (χ0n) is 20.2. The molecule has 0 saturated heterocycles. The predicted molar refractivity (Wildman–Crippen MR) is 144 cm³/mol. The van der Waals surface area contributed by atoms with Crippen molar-refractivity contribution in [3.63, 3.8) is 0 Å². The van der Waals surface area contributed by atoms with Crippen molar-refractivity contribution in [1.82, 2.24) is 9.55 Å². The van der Waals surface area contributed by atoms with E-state index in [9.17, 15) is 4.79 Å². The van der Waals surface area contributed by atoms with Crippen LogP contribution in [0.1, 0.15) is 54.4 Å². The van der Waals surface area contributed by atoms with Crippen LogP contribution in [0.15, 0.2) is 88.8 Å². The molecular weight excluding hydrogens is 448 g/mol. The fourth-order valence-corrected chi connectivity index (χ4v) is 7.09. The van der Waals surface area contributed by atoms with E-state index in [0.717, 1.165) is 52.7 Å². The third kappa shape index (κ3) is 3.94. The number of rotatable bonds is 4. The zero-order valence-corrected chi connectivity index (χ0v) is 21.0. The molecule has 1 heterocycles. The highest BCUT2D eigenvalue weighted by Gasteiger charge is 2.43. The van der Waals surface area contributed by atoms with Crippen molar-refractivity contribution in [1.29, 1.82) is 0 Å². The molecule has 35 heavy (non-hydrogen) atoms. The fourth-order valence-electron chi connectivity index (χ4n) is 6.00. The molecule has 1 saturated carbocycles. The molecule has 0 bridgehead atoms. The van der Waals surface area contributed by atoms with Gasteiger partial charge >= 0.3 is 0 Å². The van der Waals surface area contributed by atoms with E-state index < -0.39 is 0 Å². The molecule has 3 aromatic carbocycles. The normalized spacial score (nSPS) is 16.0. The molecule has 0 amide bonds. The van der Waals surface area contributed by atoms with Gasteiger partial charge < -0.3 is 0 Å². The molecule has 0 unspecified atom stereocenters. The van der Waals surface area contributed by atoms with Gasteiger partial charge in [0.1, 0.15) is 0 Å². The van der Waals surface area contributed by atoms with Gasteiger partial charge in [0.2, 0.25) is 0 Å². The van der Waals surface area contributed by atoms with Crippen LogP contribution in [0.3, 0.4) is 0 Å². The average molecular weight is 479 g/mol. The van der Waals surface area contributed by atoms with Gasteiger partial charge in [-0.1, -0.05) is 97.8 Å². The first-order valence-electron chi connectivity index (χ1n) is 12.6. The van der Waals surface area contributed by atoms with Gasteiger partial charge in [0, 0.05) is 16.7 Å². The summed E-state index contributed by atoms with van der Waals surface area (Å²) in [6.07, 6.45) is 6.68. The van der Waals surface area contributed by atoms with Crippen LogP contribution in [0, 0.1) is 6.92 Å². The fraction of sp³-hybridized carbons (Fsp3) is 0.290. The third-order valence-corrected chi connectivity index (χ3v) is 8.81. The van der Waals surface area contributed by atoms with Crippen molar-refractivity contribution in [2.75, 3.05) is 0 Å². The number of aromatic nitrogens is 2. The Hall–Kier alpha value is -3.11. The maximum atomic E-state index is 14.5. The van der Waals surface area contributed by atoms with E-state index in [1.54, 1.807) is 11.8 Å². The largest absolute Gasteiger partial charge is 0.268 e. The first-order valence-corrected chi connectivity index (χ1v) is 13.6. The quantitative estimate of drug-likeness (QED) is 0.229. The van der Waals surface area contributed by atoms with Crippen LogP contribution in [0.4, 0.5) is 0 Å². The number of hydrogen-bond donors (Lipinski definition) is 0. The van der Waals surface area contributed by atoms with Crippen molar-refractivity contribution in [3.05, 3.63) is 111 Å². The number of aryl methyl sites for hydroxylation is 1. The number of hydrogen-bond acceptors (Lipinski definition) is 3. The Morgan fingerprint density at radius 2 is 1.60 bits per heavy atom. The van der Waals surface area contributed by atoms with E-state index in [1.807, 2.05) is 34.9 Å². The van der Waals surface area contributed by atoms with Gasteiger partial charge in [0.15, 0.2) is 5.16 Å². The maximum Gasteiger partial charge on any atom is 0.263 e. The zero-order chi connectivity index (χ0) is 23.8. The minimum Gasteiger partial charge on any atom is -0.268 e. The second-order valence-electron chi connectivity index (χ2n) is 9.98. The molecule has 176 valence electrons. The molecule has 4 aromatic rings. The van der Waals surface area contributed by atoms with E-state index in [-0.39, 0.29) is 11.0 Å². The van der Waals surface area contributed by atoms with Crippen molar-refractivity contribution in [3.8, 4) is 16.9 Å². The Balaban J connectivity index is 1.58. The van der Waals surface area contributed by atoms with Gasteiger partial charge in [-0.3, -0.25) is 9.36 Å². The molecule has 0 atom stereocenters. The molecule has 1 aromatic heterocycles. The van der Waals surface area contributed by atoms with Gasteiger partial charge in [-0.2, -0.15) is 0 Å². The lowest BCUT2D eigenvalue weighted by atomic mass is 9.62. The van der Waals surface area contributed by atoms with Crippen LogP contribution in [-0.4, -0.2) is 9.55 Å². The van der Waals surface area contributed by atoms with Crippen LogP contribution in [0.2, 0.25) is 0 Å². The van der Waals surface area contributed by atoms with E-state index in [0.29, 0.717) is 0 Å². The van der Waals surface area contributed by atoms with Gasteiger partial charge in [-0.15, -0.1) is 0 Å². The topological polar surface area (TPSA) is 34.9 Å². The molecular formula is C31H30N2OS. The smallest absolute Gasteiger partial charge is 0.263 e. The number of fused-ring (bicyclic) bond motifs is 4. The first-order chi connectivity index (χ1) is 17.2. The lowest BCUT2D eigenvalue weighted by Gasteiger charge is -2.42. The molecule has 2 aliphatic carbocycles. The third-order valence-electron chi connectivity index (χ3n) is 7.83. The lowest BCUT2D eigenvalue weighted by Crippen LogP contribution is -2.42. The Kier molecular flexibility index (Phi) is 5.85. The number of benzene rings is 3. The summed E-state index contributed by atoms with van der Waals surface area (Å²) >= 11 is 1.66. The highest BCUT2D eigenvalue weighted by molar-refractivity contribution is 7.98. The van der Waals surface area contributed by atoms with E-state index in [2.05, 4.69) is 55.5 Å². The predicted octanol–water partition coefficient (Wildman–Crippen LogP) is 7.26. The summed E-state index contributed by atoms with van der Waals surface area (Å²) in [5.41, 5.74) is 7.76. The summed E-state index contributed by atoms with van der Waals surface area (Å²) < 4.78 is 1.88. The van der Waals surface area contributed by atoms with Gasteiger partial charge in [-0.25, -0.2) is 4.98 Å². The average Bonchev–Trinajstić information content (AvgIpc) is 2.89. The Morgan fingerprint density at radius 1 is 0.886 bits per heavy atom. The van der Waals surface area contributed by atoms with E-state index >= 15 is 0 Å². The summed E-state index contributed by atoms with van der Waals surface area (Å²) in [4.78, 5) is 19.8. The van der Waals surface area contributed by atoms with Crippen LogP contribution in [-0.2, 0) is 17.6 Å². The molecule has 2 aliphatic rings. The SMILES string of the molecule is Cc1ccccc1CSc1nc2c(c(=O)n1-c1ccccc1)C1(CCCCC1)Cc1ccccc1-2. The van der Waals surface area contributed by atoms with Crippen LogP contribution < -0.4 is 5.56 Å². The molecule has 0 radical (unpaired) electrons. The minimum absolute atomic E-state index is 0.109. The highest BCUT2D eigenvalue weighted by Crippen LogP contribution is 2.49. The molecule has 4 heteroatoms. The van der Waals surface area contributed by atoms with Gasteiger partial charge in [0.05, 0.1) is 16.9 Å². The minimum atomic E-state index is -0.109. The summed E-state index contributed by atoms with van der Waals surface area (Å²) in [5, 5.41) is 0.769. The van der Waals surface area contributed by atoms with Crippen LogP contribution in [0.5, 0.6) is 0 Å². The molecule has 3 nitrogen and oxygen atoms in total. The second-order valence-corrected chi connectivity index (χ2v) is 10.9. The summed E-state index contributed by atoms with van der Waals surface area (Å²) in [7, 11) is 0. The van der Waals surface area contributed by atoms with Gasteiger partial charge in [-0.05, 0) is 55.0 Å². The first kappa shape index (κ1) is 22.4. The van der Waals surface area contributed by atoms with Crippen LogP contribution >= 0.6 is 11.8 Å². The number of nitrogens with zero attached hydrogens (tertiary/aromatic N) is 2. The summed E-state index contributed by atoms with van der Waals surface area (Å²) in [5.74, 6) is 0.775. The van der Waals surface area contributed by atoms with E-state index in [1.165, 1.54) is 36.0 Å². The Bertz CT molecular complexity index is 1430. The molecule has 0 aliphatic heterocycles. The highest BCUT2D eigenvalue weighted by atomic mass is 32.2. The van der Waals surface area contributed by atoms with Crippen molar-refractivity contribution in [2.24, 2.45) is 0 Å². The standard InChI is InChI=1S/C31H30N2OS/c1-22-12-6-7-14-24(22)21-35-30-32-28-26-17-9-8-13-23(26)20-31(18-10-3-11-19-31)27(28)29(34)33(30)25-15-4-2-5-16-25/h2,4-9,12-17H,3,10-11,18-21H2,1H3. The number of thioether (sulfide) groups is 1. The molecule has 0 N–H and O–H groups in total. The Morgan fingerprint density at radius 3 is 2.40 bits per heavy atom. The molecule has 1 fully saturated rings. The lowest BCUT2D eigenvalue weighted by molar-refractivity contribution is 0.283. The molecule has 1 spiro atoms. The van der Waals surface area contributed by atoms with Crippen molar-refractivity contribution >= 4 is 11.8 Å². The maximum absolute atomic E-state index is 14.5. The van der Waals surface area contributed by atoms with Crippen molar-refractivity contribution < 1.29 is 0 Å². The summed E-state index contributed by atoms with van der Waals surface area (Å²) in [6, 6.07) is 27.1. The van der Waals surface area contributed by atoms with Gasteiger partial charge in [0.25, 0.3) is 5.56 Å². The monoisotopic (exact) mass is 478 g/mol. The van der Waals surface area contributed by atoms with Crippen molar-refractivity contribution in [2.45, 2.75) is 61.8 Å².